The molecule has 136 valence electrons. The lowest BCUT2D eigenvalue weighted by atomic mass is 10.1. The number of fused-ring (bicyclic) bond motifs is 1. The Labute approximate surface area is 153 Å². The van der Waals surface area contributed by atoms with Gasteiger partial charge in [0.15, 0.2) is 12.2 Å². The Hall–Kier alpha value is -3.68. The molecule has 8 heteroatoms. The quantitative estimate of drug-likeness (QED) is 0.581. The van der Waals surface area contributed by atoms with Gasteiger partial charge in [-0.25, -0.2) is 9.78 Å². The van der Waals surface area contributed by atoms with E-state index in [4.69, 9.17) is 9.15 Å². The number of oxazole rings is 1. The molecule has 0 spiro atoms. The molecule has 0 radical (unpaired) electrons. The molecule has 0 fully saturated rings. The van der Waals surface area contributed by atoms with Gasteiger partial charge in [0.05, 0.1) is 29.8 Å². The minimum Gasteiger partial charge on any atom is -0.496 e. The summed E-state index contributed by atoms with van der Waals surface area (Å²) < 4.78 is 11.9. The van der Waals surface area contributed by atoms with Crippen LogP contribution in [0.25, 0.3) is 22.2 Å². The first kappa shape index (κ1) is 16.8. The number of benzene rings is 1. The van der Waals surface area contributed by atoms with Gasteiger partial charge in [0, 0.05) is 30.9 Å². The Bertz CT molecular complexity index is 1190. The number of hydrogen-bond donors (Lipinski definition) is 1. The van der Waals surface area contributed by atoms with Crippen LogP contribution in [0.15, 0.2) is 63.1 Å². The summed E-state index contributed by atoms with van der Waals surface area (Å²) in [4.78, 5) is 36.2. The zero-order valence-corrected chi connectivity index (χ0v) is 14.5. The van der Waals surface area contributed by atoms with Crippen molar-refractivity contribution in [2.24, 2.45) is 0 Å². The zero-order chi connectivity index (χ0) is 18.8. The fourth-order valence-electron chi connectivity index (χ4n) is 2.97. The van der Waals surface area contributed by atoms with Crippen LogP contribution in [0.2, 0.25) is 0 Å². The number of nitrogens with one attached hydrogen (secondary N) is 1. The van der Waals surface area contributed by atoms with E-state index < -0.39 is 5.69 Å². The molecular formula is C19H16N4O4. The van der Waals surface area contributed by atoms with Crippen LogP contribution in [0.3, 0.4) is 0 Å². The van der Waals surface area contributed by atoms with Crippen LogP contribution >= 0.6 is 0 Å². The second-order valence-electron chi connectivity index (χ2n) is 5.92. The number of aryl methyl sites for hydroxylation is 1. The average molecular weight is 364 g/mol. The maximum absolute atomic E-state index is 12.9. The van der Waals surface area contributed by atoms with Gasteiger partial charge in [0.25, 0.3) is 5.56 Å². The van der Waals surface area contributed by atoms with E-state index in [0.29, 0.717) is 34.4 Å². The summed E-state index contributed by atoms with van der Waals surface area (Å²) in [6.45, 7) is 0.227. The van der Waals surface area contributed by atoms with Crippen LogP contribution in [-0.4, -0.2) is 26.6 Å². The van der Waals surface area contributed by atoms with Crippen LogP contribution < -0.4 is 16.0 Å². The van der Waals surface area contributed by atoms with Crippen molar-refractivity contribution in [3.05, 3.63) is 75.7 Å². The number of aromatic nitrogens is 4. The number of aromatic amines is 1. The topological polar surface area (TPSA) is 103 Å². The van der Waals surface area contributed by atoms with E-state index in [-0.39, 0.29) is 12.1 Å². The highest BCUT2D eigenvalue weighted by molar-refractivity contribution is 5.86. The lowest BCUT2D eigenvalue weighted by molar-refractivity contribution is 0.415. The van der Waals surface area contributed by atoms with Gasteiger partial charge in [-0.05, 0) is 18.2 Å². The molecule has 0 atom stereocenters. The van der Waals surface area contributed by atoms with Crippen molar-refractivity contribution in [3.8, 4) is 17.1 Å². The van der Waals surface area contributed by atoms with E-state index in [1.54, 1.807) is 18.3 Å². The molecule has 0 saturated carbocycles. The maximum Gasteiger partial charge on any atom is 0.328 e. The van der Waals surface area contributed by atoms with Crippen LogP contribution in [0.4, 0.5) is 0 Å². The monoisotopic (exact) mass is 364 g/mol. The summed E-state index contributed by atoms with van der Waals surface area (Å²) in [5.74, 6) is 0.944. The van der Waals surface area contributed by atoms with E-state index in [9.17, 15) is 9.59 Å². The van der Waals surface area contributed by atoms with Crippen molar-refractivity contribution < 1.29 is 9.15 Å². The van der Waals surface area contributed by atoms with Crippen molar-refractivity contribution in [2.75, 3.05) is 7.11 Å². The first-order valence-electron chi connectivity index (χ1n) is 8.31. The van der Waals surface area contributed by atoms with Crippen molar-refractivity contribution >= 4 is 10.9 Å². The second-order valence-corrected chi connectivity index (χ2v) is 5.92. The van der Waals surface area contributed by atoms with Crippen LogP contribution in [0.5, 0.6) is 5.75 Å². The SMILES string of the molecule is COc1cc2[nH]c(=O)n(CCc3ccccn3)c(=O)c2cc1-c1cnco1. The lowest BCUT2D eigenvalue weighted by Crippen LogP contribution is -2.35. The predicted molar refractivity (Wildman–Crippen MR) is 98.8 cm³/mol. The van der Waals surface area contributed by atoms with Crippen LogP contribution in [-0.2, 0) is 13.0 Å². The fourth-order valence-corrected chi connectivity index (χ4v) is 2.97. The summed E-state index contributed by atoms with van der Waals surface area (Å²) in [5, 5.41) is 0.364. The predicted octanol–water partition coefficient (Wildman–Crippen LogP) is 1.99. The minimum atomic E-state index is -0.474. The van der Waals surface area contributed by atoms with E-state index in [2.05, 4.69) is 15.0 Å². The van der Waals surface area contributed by atoms with Gasteiger partial charge in [0.2, 0.25) is 0 Å². The number of rotatable bonds is 5. The summed E-state index contributed by atoms with van der Waals surface area (Å²) >= 11 is 0. The molecule has 0 aliphatic heterocycles. The fraction of sp³-hybridized carbons (Fsp3) is 0.158. The van der Waals surface area contributed by atoms with Gasteiger partial charge in [-0.3, -0.25) is 14.3 Å². The molecule has 4 rings (SSSR count). The number of nitrogens with zero attached hydrogens (tertiary/aromatic N) is 3. The minimum absolute atomic E-state index is 0.227. The normalized spacial score (nSPS) is 11.0. The first-order chi connectivity index (χ1) is 13.2. The standard InChI is InChI=1S/C19H16N4O4/c1-26-16-9-15-13(8-14(16)17-10-20-11-27-17)18(24)23(19(25)22-15)7-5-12-4-2-3-6-21-12/h2-4,6,8-11H,5,7H2,1H3,(H,22,25). The molecule has 0 amide bonds. The highest BCUT2D eigenvalue weighted by Gasteiger charge is 2.15. The Kier molecular flexibility index (Phi) is 4.29. The highest BCUT2D eigenvalue weighted by atomic mass is 16.5. The zero-order valence-electron chi connectivity index (χ0n) is 14.5. The van der Waals surface area contributed by atoms with Gasteiger partial charge in [0.1, 0.15) is 5.75 Å². The Balaban J connectivity index is 1.82. The Morgan fingerprint density at radius 3 is 2.85 bits per heavy atom. The summed E-state index contributed by atoms with van der Waals surface area (Å²) in [6, 6.07) is 8.79. The van der Waals surface area contributed by atoms with Crippen LogP contribution in [0, 0.1) is 0 Å². The van der Waals surface area contributed by atoms with E-state index in [1.807, 2.05) is 18.2 Å². The number of H-pyrrole nitrogens is 1. The number of methoxy groups -OCH3 is 1. The summed E-state index contributed by atoms with van der Waals surface area (Å²) in [5.41, 5.74) is 0.939. The molecule has 0 aliphatic rings. The molecule has 4 aromatic rings. The third-order valence-corrected chi connectivity index (χ3v) is 4.32. The van der Waals surface area contributed by atoms with Gasteiger partial charge in [-0.2, -0.15) is 0 Å². The summed E-state index contributed by atoms with van der Waals surface area (Å²) in [7, 11) is 1.51. The maximum atomic E-state index is 12.9. The highest BCUT2D eigenvalue weighted by Crippen LogP contribution is 2.32. The molecule has 0 aliphatic carbocycles. The first-order valence-corrected chi connectivity index (χ1v) is 8.31. The Morgan fingerprint density at radius 1 is 1.26 bits per heavy atom. The van der Waals surface area contributed by atoms with Gasteiger partial charge >= 0.3 is 5.69 Å². The molecule has 1 aromatic carbocycles. The molecule has 1 N–H and O–H groups in total. The molecule has 3 heterocycles. The smallest absolute Gasteiger partial charge is 0.328 e. The Morgan fingerprint density at radius 2 is 2.15 bits per heavy atom. The molecular weight excluding hydrogens is 348 g/mol. The number of ether oxygens (including phenoxy) is 1. The van der Waals surface area contributed by atoms with Crippen molar-refractivity contribution in [1.29, 1.82) is 0 Å². The van der Waals surface area contributed by atoms with E-state index in [1.165, 1.54) is 24.3 Å². The third-order valence-electron chi connectivity index (χ3n) is 4.32. The number of hydrogen-bond acceptors (Lipinski definition) is 6. The largest absolute Gasteiger partial charge is 0.496 e. The third kappa shape index (κ3) is 3.12. The molecule has 8 nitrogen and oxygen atoms in total. The second kappa shape index (κ2) is 6.91. The average Bonchev–Trinajstić information content (AvgIpc) is 3.22. The molecule has 0 bridgehead atoms. The molecule has 3 aromatic heterocycles. The molecule has 0 unspecified atom stereocenters. The van der Waals surface area contributed by atoms with Crippen molar-refractivity contribution in [3.63, 3.8) is 0 Å². The lowest BCUT2D eigenvalue weighted by Gasteiger charge is -2.10. The van der Waals surface area contributed by atoms with Gasteiger partial charge in [-0.1, -0.05) is 6.07 Å². The molecule has 27 heavy (non-hydrogen) atoms. The van der Waals surface area contributed by atoms with Crippen LogP contribution in [0.1, 0.15) is 5.69 Å². The summed E-state index contributed by atoms with van der Waals surface area (Å²) in [6.07, 6.45) is 4.99. The van der Waals surface area contributed by atoms with E-state index in [0.717, 1.165) is 5.69 Å². The number of pyridine rings is 1. The van der Waals surface area contributed by atoms with Crippen molar-refractivity contribution in [2.45, 2.75) is 13.0 Å². The van der Waals surface area contributed by atoms with E-state index >= 15 is 0 Å². The molecule has 0 saturated heterocycles. The van der Waals surface area contributed by atoms with Gasteiger partial charge < -0.3 is 14.1 Å². The van der Waals surface area contributed by atoms with Gasteiger partial charge in [-0.15, -0.1) is 0 Å². The van der Waals surface area contributed by atoms with Crippen molar-refractivity contribution in [1.82, 2.24) is 19.5 Å².